The third-order valence-corrected chi connectivity index (χ3v) is 4.23. The summed E-state index contributed by atoms with van der Waals surface area (Å²) in [6, 6.07) is 3.88. The summed E-state index contributed by atoms with van der Waals surface area (Å²) in [4.78, 5) is 7.29. The number of hydrogen-bond donors (Lipinski definition) is 3. The van der Waals surface area contributed by atoms with Gasteiger partial charge >= 0.3 is 0 Å². The van der Waals surface area contributed by atoms with Gasteiger partial charge in [-0.25, -0.2) is 18.1 Å². The summed E-state index contributed by atoms with van der Waals surface area (Å²) in [6.07, 6.45) is 3.63. The molecular formula is C12H18N4O2S. The van der Waals surface area contributed by atoms with Crippen LogP contribution >= 0.6 is 0 Å². The minimum atomic E-state index is -3.15. The van der Waals surface area contributed by atoms with Gasteiger partial charge < -0.3 is 10.3 Å². The van der Waals surface area contributed by atoms with Crippen molar-refractivity contribution in [3.63, 3.8) is 0 Å². The summed E-state index contributed by atoms with van der Waals surface area (Å²) in [6.45, 7) is 3.23. The first-order valence-corrected chi connectivity index (χ1v) is 7.86. The zero-order valence-corrected chi connectivity index (χ0v) is 11.6. The Morgan fingerprint density at radius 2 is 2.26 bits per heavy atom. The summed E-state index contributed by atoms with van der Waals surface area (Å²) in [5.74, 6) is 0.0848. The van der Waals surface area contributed by atoms with Crippen LogP contribution in [0.4, 0.5) is 0 Å². The quantitative estimate of drug-likeness (QED) is 0.649. The topological polar surface area (TPSA) is 86.9 Å². The molecule has 104 valence electrons. The van der Waals surface area contributed by atoms with Crippen LogP contribution in [-0.4, -0.2) is 37.2 Å². The Morgan fingerprint density at radius 3 is 3.05 bits per heavy atom. The van der Waals surface area contributed by atoms with Crippen LogP contribution in [0, 0.1) is 0 Å². The van der Waals surface area contributed by atoms with Gasteiger partial charge in [-0.05, 0) is 17.7 Å². The van der Waals surface area contributed by atoms with Crippen molar-refractivity contribution in [2.75, 3.05) is 18.8 Å². The predicted octanol–water partition coefficient (Wildman–Crippen LogP) is 0.592. The van der Waals surface area contributed by atoms with Crippen molar-refractivity contribution < 1.29 is 8.42 Å². The van der Waals surface area contributed by atoms with Gasteiger partial charge in [0.05, 0.1) is 5.75 Å². The highest BCUT2D eigenvalue weighted by molar-refractivity contribution is 7.89. The van der Waals surface area contributed by atoms with E-state index in [4.69, 9.17) is 0 Å². The van der Waals surface area contributed by atoms with Gasteiger partial charge in [0, 0.05) is 37.4 Å². The van der Waals surface area contributed by atoms with Crippen molar-refractivity contribution in [3.05, 3.63) is 30.1 Å². The number of aromatic nitrogens is 2. The maximum absolute atomic E-state index is 11.4. The van der Waals surface area contributed by atoms with Crippen molar-refractivity contribution >= 4 is 21.1 Å². The van der Waals surface area contributed by atoms with Crippen LogP contribution in [0.15, 0.2) is 24.5 Å². The molecule has 0 radical (unpaired) electrons. The van der Waals surface area contributed by atoms with E-state index in [2.05, 4.69) is 20.0 Å². The van der Waals surface area contributed by atoms with Gasteiger partial charge in [-0.1, -0.05) is 6.92 Å². The van der Waals surface area contributed by atoms with Gasteiger partial charge in [-0.15, -0.1) is 0 Å². The Hall–Kier alpha value is -1.44. The number of sulfonamides is 1. The first-order chi connectivity index (χ1) is 9.12. The molecule has 0 aromatic carbocycles. The van der Waals surface area contributed by atoms with Gasteiger partial charge in [0.25, 0.3) is 0 Å². The summed E-state index contributed by atoms with van der Waals surface area (Å²) >= 11 is 0. The SMILES string of the molecule is CCNS(=O)(=O)CCNCc1c[nH]c2ncccc12. The summed E-state index contributed by atoms with van der Waals surface area (Å²) in [5.41, 5.74) is 1.93. The Balaban J connectivity index is 1.86. The first-order valence-electron chi connectivity index (χ1n) is 6.21. The maximum Gasteiger partial charge on any atom is 0.212 e. The molecule has 6 nitrogen and oxygen atoms in total. The van der Waals surface area contributed by atoms with Crippen molar-refractivity contribution in [3.8, 4) is 0 Å². The Labute approximate surface area is 112 Å². The minimum Gasteiger partial charge on any atom is -0.346 e. The molecule has 0 aliphatic rings. The van der Waals surface area contributed by atoms with E-state index in [1.807, 2.05) is 18.3 Å². The lowest BCUT2D eigenvalue weighted by molar-refractivity contribution is 0.579. The van der Waals surface area contributed by atoms with Crippen LogP contribution in [0.25, 0.3) is 11.0 Å². The predicted molar refractivity (Wildman–Crippen MR) is 75.3 cm³/mol. The van der Waals surface area contributed by atoms with Gasteiger partial charge in [-0.3, -0.25) is 0 Å². The lowest BCUT2D eigenvalue weighted by atomic mass is 10.2. The van der Waals surface area contributed by atoms with Crippen LogP contribution in [0.1, 0.15) is 12.5 Å². The molecule has 0 unspecified atom stereocenters. The highest BCUT2D eigenvalue weighted by Gasteiger charge is 2.08. The number of pyridine rings is 1. The smallest absolute Gasteiger partial charge is 0.212 e. The molecule has 2 aromatic rings. The molecule has 0 bridgehead atoms. The number of fused-ring (bicyclic) bond motifs is 1. The van der Waals surface area contributed by atoms with Crippen LogP contribution in [0.5, 0.6) is 0 Å². The summed E-state index contributed by atoms with van der Waals surface area (Å²) < 4.78 is 25.3. The van der Waals surface area contributed by atoms with E-state index in [0.717, 1.165) is 16.6 Å². The van der Waals surface area contributed by atoms with Gasteiger partial charge in [0.2, 0.25) is 10.0 Å². The molecule has 0 saturated carbocycles. The zero-order valence-electron chi connectivity index (χ0n) is 10.8. The fourth-order valence-corrected chi connectivity index (χ4v) is 2.88. The zero-order chi connectivity index (χ0) is 13.7. The van der Waals surface area contributed by atoms with Crippen LogP contribution < -0.4 is 10.0 Å². The molecule has 0 amide bonds. The number of rotatable bonds is 7. The average molecular weight is 282 g/mol. The highest BCUT2D eigenvalue weighted by atomic mass is 32.2. The molecule has 0 saturated heterocycles. The van der Waals surface area contributed by atoms with Crippen molar-refractivity contribution in [1.82, 2.24) is 20.0 Å². The lowest BCUT2D eigenvalue weighted by Gasteiger charge is -2.05. The lowest BCUT2D eigenvalue weighted by Crippen LogP contribution is -2.31. The number of H-pyrrole nitrogens is 1. The molecule has 0 fully saturated rings. The second-order valence-electron chi connectivity index (χ2n) is 4.21. The van der Waals surface area contributed by atoms with Crippen LogP contribution in [0.3, 0.4) is 0 Å². The van der Waals surface area contributed by atoms with E-state index >= 15 is 0 Å². The number of hydrogen-bond acceptors (Lipinski definition) is 4. The van der Waals surface area contributed by atoms with E-state index in [1.165, 1.54) is 0 Å². The maximum atomic E-state index is 11.4. The number of aromatic amines is 1. The van der Waals surface area contributed by atoms with Crippen molar-refractivity contribution in [2.45, 2.75) is 13.5 Å². The van der Waals surface area contributed by atoms with E-state index < -0.39 is 10.0 Å². The van der Waals surface area contributed by atoms with Gasteiger partial charge in [0.1, 0.15) is 5.65 Å². The number of nitrogens with zero attached hydrogens (tertiary/aromatic N) is 1. The van der Waals surface area contributed by atoms with Gasteiger partial charge in [0.15, 0.2) is 0 Å². The first kappa shape index (κ1) is 14.0. The third kappa shape index (κ3) is 3.76. The normalized spacial score (nSPS) is 12.1. The highest BCUT2D eigenvalue weighted by Crippen LogP contribution is 2.14. The molecule has 0 atom stereocenters. The van der Waals surface area contributed by atoms with E-state index in [-0.39, 0.29) is 5.75 Å². The standard InChI is InChI=1S/C12H18N4O2S/c1-2-16-19(17,18)7-6-13-8-10-9-15-12-11(10)4-3-5-14-12/h3-5,9,13,16H,2,6-8H2,1H3,(H,14,15). The molecule has 2 heterocycles. The van der Waals surface area contributed by atoms with Crippen LogP contribution in [-0.2, 0) is 16.6 Å². The Morgan fingerprint density at radius 1 is 1.42 bits per heavy atom. The minimum absolute atomic E-state index is 0.0848. The van der Waals surface area contributed by atoms with E-state index in [0.29, 0.717) is 19.6 Å². The molecule has 2 rings (SSSR count). The molecule has 7 heteroatoms. The molecule has 0 aliphatic carbocycles. The second-order valence-corrected chi connectivity index (χ2v) is 6.13. The second kappa shape index (κ2) is 6.14. The van der Waals surface area contributed by atoms with Gasteiger partial charge in [-0.2, -0.15) is 0 Å². The number of nitrogens with one attached hydrogen (secondary N) is 3. The molecule has 3 N–H and O–H groups in total. The molecule has 0 spiro atoms. The van der Waals surface area contributed by atoms with E-state index in [1.54, 1.807) is 13.1 Å². The molecule has 19 heavy (non-hydrogen) atoms. The Bertz CT molecular complexity index is 636. The van der Waals surface area contributed by atoms with Crippen molar-refractivity contribution in [1.29, 1.82) is 0 Å². The fourth-order valence-electron chi connectivity index (χ4n) is 1.88. The van der Waals surface area contributed by atoms with Crippen molar-refractivity contribution in [2.24, 2.45) is 0 Å². The Kier molecular flexibility index (Phi) is 4.52. The van der Waals surface area contributed by atoms with E-state index in [9.17, 15) is 8.42 Å². The van der Waals surface area contributed by atoms with Crippen LogP contribution in [0.2, 0.25) is 0 Å². The average Bonchev–Trinajstić information content (AvgIpc) is 2.78. The molecule has 0 aliphatic heterocycles. The molecular weight excluding hydrogens is 264 g/mol. The monoisotopic (exact) mass is 282 g/mol. The third-order valence-electron chi connectivity index (χ3n) is 2.76. The summed E-state index contributed by atoms with van der Waals surface area (Å²) in [5, 5.41) is 4.19. The summed E-state index contributed by atoms with van der Waals surface area (Å²) in [7, 11) is -3.15. The molecule has 2 aromatic heterocycles. The largest absolute Gasteiger partial charge is 0.346 e. The fraction of sp³-hybridized carbons (Fsp3) is 0.417.